The molecule has 5 aliphatic carbocycles. The molecule has 0 aliphatic heterocycles. The number of carboxylic acids is 1. The van der Waals surface area contributed by atoms with Crippen LogP contribution in [0.4, 0.5) is 0 Å². The molecule has 0 spiro atoms. The third-order valence-electron chi connectivity index (χ3n) is 12.7. The summed E-state index contributed by atoms with van der Waals surface area (Å²) in [6, 6.07) is 0. The van der Waals surface area contributed by atoms with Crippen LogP contribution in [-0.2, 0) is 4.79 Å². The van der Waals surface area contributed by atoms with Crippen LogP contribution in [0.3, 0.4) is 0 Å². The second-order valence-electron chi connectivity index (χ2n) is 14.4. The number of aliphatic carboxylic acids is 1. The molecule has 0 radical (unpaired) electrons. The van der Waals surface area contributed by atoms with Crippen LogP contribution in [0.1, 0.15) is 98.8 Å². The van der Waals surface area contributed by atoms with Gasteiger partial charge < -0.3 is 20.4 Å². The Labute approximate surface area is 205 Å². The van der Waals surface area contributed by atoms with Gasteiger partial charge in [-0.15, -0.1) is 0 Å². The number of allylic oxidation sites excluding steroid dienone is 2. The van der Waals surface area contributed by atoms with Gasteiger partial charge in [-0.25, -0.2) is 0 Å². The van der Waals surface area contributed by atoms with Gasteiger partial charge in [0, 0.05) is 0 Å². The van der Waals surface area contributed by atoms with Crippen molar-refractivity contribution in [2.24, 2.45) is 44.8 Å². The Hall–Kier alpha value is -0.910. The van der Waals surface area contributed by atoms with Crippen LogP contribution >= 0.6 is 0 Å². The van der Waals surface area contributed by atoms with Crippen LogP contribution in [0.2, 0.25) is 0 Å². The van der Waals surface area contributed by atoms with E-state index in [2.05, 4.69) is 40.7 Å². The number of rotatable bonds is 2. The third-order valence-corrected chi connectivity index (χ3v) is 12.7. The van der Waals surface area contributed by atoms with Gasteiger partial charge in [0.05, 0.1) is 18.1 Å². The molecule has 5 nitrogen and oxygen atoms in total. The molecule has 0 bridgehead atoms. The highest BCUT2D eigenvalue weighted by Gasteiger charge is 2.70. The van der Waals surface area contributed by atoms with E-state index < -0.39 is 29.7 Å². The average Bonchev–Trinajstić information content (AvgIpc) is 2.76. The van der Waals surface area contributed by atoms with Gasteiger partial charge in [0.15, 0.2) is 0 Å². The largest absolute Gasteiger partial charge is 0.481 e. The third kappa shape index (κ3) is 2.87. The second-order valence-corrected chi connectivity index (χ2v) is 14.4. The summed E-state index contributed by atoms with van der Waals surface area (Å²) in [5.74, 6) is -0.292. The zero-order valence-electron chi connectivity index (χ0n) is 21.9. The van der Waals surface area contributed by atoms with Crippen molar-refractivity contribution in [3.63, 3.8) is 0 Å². The lowest BCUT2D eigenvalue weighted by atomic mass is 9.34. The Morgan fingerprint density at radius 2 is 1.65 bits per heavy atom. The van der Waals surface area contributed by atoms with E-state index in [1.165, 1.54) is 5.57 Å². The van der Waals surface area contributed by atoms with E-state index in [1.807, 2.05) is 0 Å². The number of fused-ring (bicyclic) bond motifs is 7. The maximum Gasteiger partial charge on any atom is 0.310 e. The molecule has 0 aromatic rings. The minimum Gasteiger partial charge on any atom is -0.481 e. The molecule has 4 fully saturated rings. The van der Waals surface area contributed by atoms with Crippen LogP contribution in [0.5, 0.6) is 0 Å². The van der Waals surface area contributed by atoms with Crippen molar-refractivity contribution in [2.45, 2.75) is 111 Å². The zero-order chi connectivity index (χ0) is 24.9. The lowest BCUT2D eigenvalue weighted by Gasteiger charge is -2.70. The summed E-state index contributed by atoms with van der Waals surface area (Å²) in [5, 5.41) is 42.7. The van der Waals surface area contributed by atoms with Gasteiger partial charge in [-0.1, -0.05) is 46.3 Å². The number of aliphatic hydroxyl groups excluding tert-OH is 2. The summed E-state index contributed by atoms with van der Waals surface area (Å²) < 4.78 is 0. The fourth-order valence-corrected chi connectivity index (χ4v) is 10.3. The second kappa shape index (κ2) is 7.32. The summed E-state index contributed by atoms with van der Waals surface area (Å²) in [5.41, 5.74) is -0.720. The smallest absolute Gasteiger partial charge is 0.310 e. The van der Waals surface area contributed by atoms with Crippen molar-refractivity contribution in [3.8, 4) is 0 Å². The van der Waals surface area contributed by atoms with E-state index in [0.29, 0.717) is 12.3 Å². The van der Waals surface area contributed by atoms with Crippen LogP contribution < -0.4 is 0 Å². The molecule has 5 heteroatoms. The minimum atomic E-state index is -1.43. The number of aliphatic hydroxyl groups is 3. The van der Waals surface area contributed by atoms with Gasteiger partial charge in [0.25, 0.3) is 0 Å². The Kier molecular flexibility index (Phi) is 5.33. The summed E-state index contributed by atoms with van der Waals surface area (Å²) >= 11 is 0. The SMILES string of the molecule is CC1(C)CCC2(C(=O)O)CCC3(C)C(=CCC4C5(C)CCC(O)C(O)(CO)C5CCC43C)C2C1. The molecule has 0 amide bonds. The summed E-state index contributed by atoms with van der Waals surface area (Å²) in [4.78, 5) is 12.7. The fraction of sp³-hybridized carbons (Fsp3) is 0.897. The zero-order valence-corrected chi connectivity index (χ0v) is 21.9. The first-order valence-corrected chi connectivity index (χ1v) is 13.7. The molecule has 192 valence electrons. The first-order valence-electron chi connectivity index (χ1n) is 13.7. The first-order chi connectivity index (χ1) is 15.7. The average molecular weight is 475 g/mol. The number of hydrogen-bond acceptors (Lipinski definition) is 4. The lowest BCUT2D eigenvalue weighted by Crippen LogP contribution is -2.68. The molecule has 4 saturated carbocycles. The van der Waals surface area contributed by atoms with Gasteiger partial charge in [-0.2, -0.15) is 0 Å². The van der Waals surface area contributed by atoms with Crippen LogP contribution in [-0.4, -0.2) is 44.7 Å². The Balaban J connectivity index is 1.60. The van der Waals surface area contributed by atoms with E-state index in [1.54, 1.807) is 0 Å². The topological polar surface area (TPSA) is 98.0 Å². The molecule has 0 saturated heterocycles. The predicted octanol–water partition coefficient (Wildman–Crippen LogP) is 4.93. The minimum absolute atomic E-state index is 0.00719. The summed E-state index contributed by atoms with van der Waals surface area (Å²) in [6.07, 6.45) is 9.90. The van der Waals surface area contributed by atoms with E-state index >= 15 is 0 Å². The van der Waals surface area contributed by atoms with Gasteiger partial charge in [0.2, 0.25) is 0 Å². The van der Waals surface area contributed by atoms with E-state index in [4.69, 9.17) is 0 Å². The van der Waals surface area contributed by atoms with E-state index in [-0.39, 0.29) is 33.5 Å². The number of carbonyl (C=O) groups is 1. The molecule has 4 N–H and O–H groups in total. The Morgan fingerprint density at radius 3 is 2.29 bits per heavy atom. The van der Waals surface area contributed by atoms with Crippen molar-refractivity contribution >= 4 is 5.97 Å². The predicted molar refractivity (Wildman–Crippen MR) is 131 cm³/mol. The molecular formula is C29H46O5. The van der Waals surface area contributed by atoms with Crippen LogP contribution in [0.25, 0.3) is 0 Å². The summed E-state index contributed by atoms with van der Waals surface area (Å²) in [7, 11) is 0. The molecule has 9 atom stereocenters. The van der Waals surface area contributed by atoms with Gasteiger partial charge in [-0.3, -0.25) is 4.79 Å². The molecule has 0 aromatic heterocycles. The van der Waals surface area contributed by atoms with Crippen molar-refractivity contribution < 1.29 is 25.2 Å². The Morgan fingerprint density at radius 1 is 0.971 bits per heavy atom. The Bertz CT molecular complexity index is 910. The van der Waals surface area contributed by atoms with E-state index in [0.717, 1.165) is 57.8 Å². The molecule has 0 aromatic carbocycles. The van der Waals surface area contributed by atoms with Gasteiger partial charge in [-0.05, 0) is 104 Å². The molecular weight excluding hydrogens is 428 g/mol. The molecule has 0 heterocycles. The molecule has 5 aliphatic rings. The highest BCUT2D eigenvalue weighted by molar-refractivity contribution is 5.76. The maximum atomic E-state index is 12.7. The quantitative estimate of drug-likeness (QED) is 0.426. The van der Waals surface area contributed by atoms with Gasteiger partial charge in [0.1, 0.15) is 5.60 Å². The van der Waals surface area contributed by atoms with Crippen molar-refractivity contribution in [1.29, 1.82) is 0 Å². The highest BCUT2D eigenvalue weighted by Crippen LogP contribution is 2.75. The standard InChI is InChI=1S/C29H46O5/c1-24(2)12-14-28(23(32)33)15-13-26(4)18(19(28)16-24)6-7-20-25(3)10-9-22(31)29(34,17-30)21(25)8-11-27(20,26)5/h6,19-22,30-31,34H,7-17H2,1-5H3,(H,32,33). The van der Waals surface area contributed by atoms with E-state index in [9.17, 15) is 25.2 Å². The number of hydrogen-bond donors (Lipinski definition) is 4. The normalized spacial score (nSPS) is 54.1. The first kappa shape index (κ1) is 24.8. The lowest BCUT2D eigenvalue weighted by molar-refractivity contribution is -0.249. The highest BCUT2D eigenvalue weighted by atomic mass is 16.4. The van der Waals surface area contributed by atoms with Gasteiger partial charge >= 0.3 is 5.97 Å². The van der Waals surface area contributed by atoms with Crippen molar-refractivity contribution in [2.75, 3.05) is 6.61 Å². The monoisotopic (exact) mass is 474 g/mol. The molecule has 5 rings (SSSR count). The molecule has 34 heavy (non-hydrogen) atoms. The maximum absolute atomic E-state index is 12.7. The fourth-order valence-electron chi connectivity index (χ4n) is 10.3. The van der Waals surface area contributed by atoms with Crippen molar-refractivity contribution in [3.05, 3.63) is 11.6 Å². The summed E-state index contributed by atoms with van der Waals surface area (Å²) in [6.45, 7) is 11.4. The van der Waals surface area contributed by atoms with Crippen molar-refractivity contribution in [1.82, 2.24) is 0 Å². The van der Waals surface area contributed by atoms with Crippen LogP contribution in [0.15, 0.2) is 11.6 Å². The number of carboxylic acid groups (broad SMARTS) is 1. The van der Waals surface area contributed by atoms with Crippen LogP contribution in [0, 0.1) is 44.8 Å². The molecule has 9 unspecified atom stereocenters.